The van der Waals surface area contributed by atoms with Crippen molar-refractivity contribution in [2.45, 2.75) is 13.3 Å². The Labute approximate surface area is 113 Å². The van der Waals surface area contributed by atoms with E-state index < -0.39 is 0 Å². The second-order valence-corrected chi connectivity index (χ2v) is 4.90. The number of nitrogens with one attached hydrogen (secondary N) is 1. The number of amidine groups is 1. The van der Waals surface area contributed by atoms with Gasteiger partial charge in [-0.3, -0.25) is 10.3 Å². The van der Waals surface area contributed by atoms with Gasteiger partial charge in [-0.25, -0.2) is 4.39 Å². The third-order valence-electron chi connectivity index (χ3n) is 3.50. The van der Waals surface area contributed by atoms with E-state index in [1.54, 1.807) is 6.07 Å². The minimum atomic E-state index is -0.349. The molecule has 0 amide bonds. The Kier molecular flexibility index (Phi) is 4.37. The first kappa shape index (κ1) is 13.8. The summed E-state index contributed by atoms with van der Waals surface area (Å²) in [6.07, 6.45) is 1.16. The zero-order valence-electron chi connectivity index (χ0n) is 11.3. The van der Waals surface area contributed by atoms with Crippen molar-refractivity contribution >= 4 is 11.5 Å². The molecule has 1 fully saturated rings. The molecule has 19 heavy (non-hydrogen) atoms. The second-order valence-electron chi connectivity index (χ2n) is 4.90. The van der Waals surface area contributed by atoms with Gasteiger partial charge in [-0.05, 0) is 31.2 Å². The highest BCUT2D eigenvalue weighted by atomic mass is 19.1. The van der Waals surface area contributed by atoms with Crippen molar-refractivity contribution in [3.63, 3.8) is 0 Å². The van der Waals surface area contributed by atoms with E-state index in [0.29, 0.717) is 5.56 Å². The van der Waals surface area contributed by atoms with Crippen LogP contribution in [0.1, 0.15) is 18.9 Å². The summed E-state index contributed by atoms with van der Waals surface area (Å²) in [4.78, 5) is 4.61. The summed E-state index contributed by atoms with van der Waals surface area (Å²) >= 11 is 0. The van der Waals surface area contributed by atoms with Gasteiger partial charge in [0.2, 0.25) is 0 Å². The zero-order valence-corrected chi connectivity index (χ0v) is 11.3. The maximum Gasteiger partial charge on any atom is 0.125 e. The van der Waals surface area contributed by atoms with Crippen molar-refractivity contribution < 1.29 is 4.39 Å². The molecule has 0 atom stereocenters. The maximum absolute atomic E-state index is 13.3. The fourth-order valence-corrected chi connectivity index (χ4v) is 2.53. The molecule has 1 aliphatic heterocycles. The van der Waals surface area contributed by atoms with Crippen LogP contribution in [0.4, 0.5) is 10.1 Å². The highest BCUT2D eigenvalue weighted by Crippen LogP contribution is 2.22. The van der Waals surface area contributed by atoms with Crippen LogP contribution in [0.2, 0.25) is 0 Å². The van der Waals surface area contributed by atoms with Gasteiger partial charge < -0.3 is 10.6 Å². The molecule has 0 saturated carbocycles. The van der Waals surface area contributed by atoms with Crippen LogP contribution in [0.15, 0.2) is 18.2 Å². The van der Waals surface area contributed by atoms with Crippen molar-refractivity contribution in [1.29, 1.82) is 5.41 Å². The number of rotatable bonds is 4. The molecule has 1 aromatic carbocycles. The average molecular weight is 264 g/mol. The molecule has 0 aromatic heterocycles. The smallest absolute Gasteiger partial charge is 0.125 e. The maximum atomic E-state index is 13.3. The number of hydrogen-bond donors (Lipinski definition) is 2. The average Bonchev–Trinajstić information content (AvgIpc) is 2.40. The molecule has 1 saturated heterocycles. The monoisotopic (exact) mass is 264 g/mol. The molecule has 0 bridgehead atoms. The molecule has 5 heteroatoms. The van der Waals surface area contributed by atoms with E-state index in [4.69, 9.17) is 11.1 Å². The molecule has 104 valence electrons. The predicted octanol–water partition coefficient (Wildman–Crippen LogP) is 1.64. The molecule has 0 unspecified atom stereocenters. The van der Waals surface area contributed by atoms with Crippen molar-refractivity contribution in [2.75, 3.05) is 37.6 Å². The minimum absolute atomic E-state index is 0.0783. The summed E-state index contributed by atoms with van der Waals surface area (Å²) in [5.41, 5.74) is 6.90. The zero-order chi connectivity index (χ0) is 13.8. The summed E-state index contributed by atoms with van der Waals surface area (Å²) in [6.45, 7) is 7.10. The van der Waals surface area contributed by atoms with Crippen LogP contribution in [0.25, 0.3) is 0 Å². The predicted molar refractivity (Wildman–Crippen MR) is 76.4 cm³/mol. The van der Waals surface area contributed by atoms with E-state index in [9.17, 15) is 4.39 Å². The Bertz CT molecular complexity index is 453. The summed E-state index contributed by atoms with van der Waals surface area (Å²) < 4.78 is 13.3. The molecular formula is C14H21FN4. The van der Waals surface area contributed by atoms with Crippen molar-refractivity contribution in [3.05, 3.63) is 29.6 Å². The Morgan fingerprint density at radius 1 is 1.32 bits per heavy atom. The standard InChI is InChI=1S/C14H21FN4/c1-2-5-18-6-8-19(9-7-18)13-4-3-11(15)10-12(13)14(16)17/h3-4,10H,2,5-9H2,1H3,(H3,16,17). The van der Waals surface area contributed by atoms with Gasteiger partial charge in [0.1, 0.15) is 11.7 Å². The number of anilines is 1. The van der Waals surface area contributed by atoms with Crippen LogP contribution in [0.3, 0.4) is 0 Å². The first-order valence-electron chi connectivity index (χ1n) is 6.73. The number of nitrogen functional groups attached to an aromatic ring is 1. The van der Waals surface area contributed by atoms with Gasteiger partial charge in [0.05, 0.1) is 0 Å². The number of benzene rings is 1. The lowest BCUT2D eigenvalue weighted by atomic mass is 10.1. The van der Waals surface area contributed by atoms with Crippen LogP contribution in [0, 0.1) is 11.2 Å². The van der Waals surface area contributed by atoms with Crippen LogP contribution in [-0.2, 0) is 0 Å². The number of nitrogens with zero attached hydrogens (tertiary/aromatic N) is 2. The van der Waals surface area contributed by atoms with Gasteiger partial charge in [-0.1, -0.05) is 6.92 Å². The van der Waals surface area contributed by atoms with Gasteiger partial charge >= 0.3 is 0 Å². The van der Waals surface area contributed by atoms with E-state index in [1.807, 2.05) is 0 Å². The van der Waals surface area contributed by atoms with E-state index in [0.717, 1.165) is 44.8 Å². The van der Waals surface area contributed by atoms with E-state index in [2.05, 4.69) is 16.7 Å². The summed E-state index contributed by atoms with van der Waals surface area (Å²) in [5, 5.41) is 7.57. The number of halogens is 1. The van der Waals surface area contributed by atoms with Gasteiger partial charge in [-0.2, -0.15) is 0 Å². The van der Waals surface area contributed by atoms with Gasteiger partial charge in [-0.15, -0.1) is 0 Å². The summed E-state index contributed by atoms with van der Waals surface area (Å²) in [6, 6.07) is 4.50. The first-order chi connectivity index (χ1) is 9.11. The third-order valence-corrected chi connectivity index (χ3v) is 3.50. The van der Waals surface area contributed by atoms with Gasteiger partial charge in [0.25, 0.3) is 0 Å². The van der Waals surface area contributed by atoms with Gasteiger partial charge in [0.15, 0.2) is 0 Å². The van der Waals surface area contributed by atoms with Crippen molar-refractivity contribution in [2.24, 2.45) is 5.73 Å². The summed E-state index contributed by atoms with van der Waals surface area (Å²) in [7, 11) is 0. The van der Waals surface area contributed by atoms with Crippen molar-refractivity contribution in [3.8, 4) is 0 Å². The third kappa shape index (κ3) is 3.23. The molecular weight excluding hydrogens is 243 g/mol. The van der Waals surface area contributed by atoms with Crippen LogP contribution in [-0.4, -0.2) is 43.5 Å². The van der Waals surface area contributed by atoms with Crippen LogP contribution in [0.5, 0.6) is 0 Å². The molecule has 0 radical (unpaired) electrons. The normalized spacial score (nSPS) is 16.6. The lowest BCUT2D eigenvalue weighted by Gasteiger charge is -2.36. The Morgan fingerprint density at radius 3 is 2.58 bits per heavy atom. The van der Waals surface area contributed by atoms with E-state index in [1.165, 1.54) is 12.1 Å². The first-order valence-corrected chi connectivity index (χ1v) is 6.73. The SMILES string of the molecule is CCCN1CCN(c2ccc(F)cc2C(=N)N)CC1. The van der Waals surface area contributed by atoms with Crippen molar-refractivity contribution in [1.82, 2.24) is 4.90 Å². The minimum Gasteiger partial charge on any atom is -0.384 e. The molecule has 0 spiro atoms. The Hall–Kier alpha value is -1.62. The van der Waals surface area contributed by atoms with E-state index in [-0.39, 0.29) is 11.7 Å². The molecule has 4 nitrogen and oxygen atoms in total. The van der Waals surface area contributed by atoms with Crippen LogP contribution >= 0.6 is 0 Å². The Morgan fingerprint density at radius 2 is 2.00 bits per heavy atom. The Balaban J connectivity index is 2.13. The molecule has 1 aliphatic rings. The number of nitrogens with two attached hydrogens (primary N) is 1. The highest BCUT2D eigenvalue weighted by molar-refractivity contribution is 6.00. The molecule has 1 heterocycles. The lowest BCUT2D eigenvalue weighted by Crippen LogP contribution is -2.47. The number of hydrogen-bond acceptors (Lipinski definition) is 3. The second kappa shape index (κ2) is 6.02. The quantitative estimate of drug-likeness (QED) is 0.642. The largest absolute Gasteiger partial charge is 0.384 e. The summed E-state index contributed by atoms with van der Waals surface area (Å²) in [5.74, 6) is -0.427. The number of piperazine rings is 1. The molecule has 1 aromatic rings. The lowest BCUT2D eigenvalue weighted by molar-refractivity contribution is 0.258. The fourth-order valence-electron chi connectivity index (χ4n) is 2.53. The molecule has 0 aliphatic carbocycles. The van der Waals surface area contributed by atoms with Crippen LogP contribution < -0.4 is 10.6 Å². The highest BCUT2D eigenvalue weighted by Gasteiger charge is 2.19. The topological polar surface area (TPSA) is 56.4 Å². The van der Waals surface area contributed by atoms with Gasteiger partial charge in [0, 0.05) is 37.4 Å². The molecule has 2 rings (SSSR count). The molecule has 3 N–H and O–H groups in total. The fraction of sp³-hybridized carbons (Fsp3) is 0.500. The van der Waals surface area contributed by atoms with E-state index >= 15 is 0 Å².